The Hall–Kier alpha value is -3.01. The quantitative estimate of drug-likeness (QED) is 0.509. The maximum absolute atomic E-state index is 13.6. The summed E-state index contributed by atoms with van der Waals surface area (Å²) in [7, 11) is 0. The highest BCUT2D eigenvalue weighted by Gasteiger charge is 2.33. The Morgan fingerprint density at radius 3 is 2.68 bits per heavy atom. The van der Waals surface area contributed by atoms with E-state index in [9.17, 15) is 9.59 Å². The third-order valence-corrected chi connectivity index (χ3v) is 7.80. The minimum absolute atomic E-state index is 0.159. The molecule has 0 aliphatic carbocycles. The highest BCUT2D eigenvalue weighted by molar-refractivity contribution is 7.10. The van der Waals surface area contributed by atoms with Crippen LogP contribution in [0.15, 0.2) is 62.8 Å². The maximum atomic E-state index is 13.6. The number of carbonyl (C=O) groups excluding carboxylic acids is 1. The summed E-state index contributed by atoms with van der Waals surface area (Å²) in [5, 5.41) is 1.94. The number of rotatable bonds is 5. The van der Waals surface area contributed by atoms with Gasteiger partial charge in [-0.3, -0.25) is 9.36 Å². The third-order valence-electron chi connectivity index (χ3n) is 5.90. The molecule has 0 saturated carbocycles. The molecule has 0 N–H and O–H groups in total. The van der Waals surface area contributed by atoms with E-state index in [1.165, 1.54) is 22.7 Å². The van der Waals surface area contributed by atoms with E-state index in [2.05, 4.69) is 22.0 Å². The lowest BCUT2D eigenvalue weighted by molar-refractivity contribution is -0.139. The Morgan fingerprint density at radius 1 is 1.24 bits per heavy atom. The molecule has 2 aliphatic rings. The lowest BCUT2D eigenvalue weighted by atomic mass is 10.0. The lowest BCUT2D eigenvalue weighted by Gasteiger charge is -2.28. The summed E-state index contributed by atoms with van der Waals surface area (Å²) in [6.45, 7) is 7.06. The molecule has 0 bridgehead atoms. The van der Waals surface area contributed by atoms with Crippen molar-refractivity contribution in [3.63, 3.8) is 0 Å². The molecule has 5 rings (SSSR count). The largest absolute Gasteiger partial charge is 0.463 e. The molecule has 9 heteroatoms. The lowest BCUT2D eigenvalue weighted by Crippen LogP contribution is -2.39. The molecule has 0 amide bonds. The van der Waals surface area contributed by atoms with Gasteiger partial charge in [0.25, 0.3) is 5.56 Å². The average molecular weight is 496 g/mol. The van der Waals surface area contributed by atoms with Gasteiger partial charge < -0.3 is 14.4 Å². The number of benzene rings is 1. The Kier molecular flexibility index (Phi) is 6.49. The van der Waals surface area contributed by atoms with Gasteiger partial charge in [-0.25, -0.2) is 9.79 Å². The highest BCUT2D eigenvalue weighted by atomic mass is 32.1. The molecule has 7 nitrogen and oxygen atoms in total. The first-order chi connectivity index (χ1) is 16.6. The van der Waals surface area contributed by atoms with E-state index in [1.54, 1.807) is 18.4 Å². The molecule has 34 heavy (non-hydrogen) atoms. The van der Waals surface area contributed by atoms with Crippen LogP contribution in [0.1, 0.15) is 30.3 Å². The molecule has 1 saturated heterocycles. The number of nitrogens with zero attached hydrogens (tertiary/aromatic N) is 3. The van der Waals surface area contributed by atoms with Crippen molar-refractivity contribution in [1.29, 1.82) is 0 Å². The Balaban J connectivity index is 1.56. The number of allylic oxidation sites excluding steroid dienone is 1. The van der Waals surface area contributed by atoms with Gasteiger partial charge in [0.1, 0.15) is 6.04 Å². The molecule has 2 aromatic heterocycles. The van der Waals surface area contributed by atoms with E-state index in [4.69, 9.17) is 9.47 Å². The van der Waals surface area contributed by atoms with E-state index < -0.39 is 12.0 Å². The fraction of sp³-hybridized carbons (Fsp3) is 0.320. The van der Waals surface area contributed by atoms with E-state index in [1.807, 2.05) is 35.7 Å². The normalized spacial score (nSPS) is 18.6. The number of ether oxygens (including phenoxy) is 2. The molecule has 4 heterocycles. The number of thiazole rings is 1. The first kappa shape index (κ1) is 22.8. The molecular weight excluding hydrogens is 470 g/mol. The monoisotopic (exact) mass is 495 g/mol. The van der Waals surface area contributed by atoms with Crippen molar-refractivity contribution in [3.05, 3.63) is 83.2 Å². The number of carbonyl (C=O) groups is 1. The van der Waals surface area contributed by atoms with Crippen molar-refractivity contribution in [3.8, 4) is 0 Å². The van der Waals surface area contributed by atoms with Gasteiger partial charge in [-0.1, -0.05) is 29.5 Å². The second-order valence-electron chi connectivity index (χ2n) is 8.01. The summed E-state index contributed by atoms with van der Waals surface area (Å²) < 4.78 is 13.0. The number of morpholine rings is 1. The maximum Gasteiger partial charge on any atom is 0.338 e. The van der Waals surface area contributed by atoms with Gasteiger partial charge >= 0.3 is 5.97 Å². The van der Waals surface area contributed by atoms with Crippen LogP contribution in [0.4, 0.5) is 5.69 Å². The fourth-order valence-corrected chi connectivity index (χ4v) is 6.13. The SMILES string of the molecule is CCOC(=O)C1=C(C)N=c2s/c(=C\c3ccc(N4CCOCC4)cc3)c(=O)n2C1c1cccs1. The summed E-state index contributed by atoms with van der Waals surface area (Å²) in [5.74, 6) is -0.435. The minimum atomic E-state index is -0.541. The van der Waals surface area contributed by atoms with Crippen molar-refractivity contribution in [2.75, 3.05) is 37.8 Å². The highest BCUT2D eigenvalue weighted by Crippen LogP contribution is 2.33. The van der Waals surface area contributed by atoms with Crippen LogP contribution in [0.5, 0.6) is 0 Å². The molecule has 0 radical (unpaired) electrons. The van der Waals surface area contributed by atoms with Crippen molar-refractivity contribution in [2.45, 2.75) is 19.9 Å². The van der Waals surface area contributed by atoms with Gasteiger partial charge in [-0.15, -0.1) is 11.3 Å². The van der Waals surface area contributed by atoms with Gasteiger partial charge in [0.15, 0.2) is 4.80 Å². The summed E-state index contributed by atoms with van der Waals surface area (Å²) >= 11 is 2.85. The van der Waals surface area contributed by atoms with Crippen molar-refractivity contribution < 1.29 is 14.3 Å². The van der Waals surface area contributed by atoms with E-state index in [0.29, 0.717) is 20.6 Å². The minimum Gasteiger partial charge on any atom is -0.463 e. The van der Waals surface area contributed by atoms with Crippen molar-refractivity contribution >= 4 is 40.4 Å². The molecule has 1 fully saturated rings. The van der Waals surface area contributed by atoms with Crippen LogP contribution in [0.3, 0.4) is 0 Å². The first-order valence-corrected chi connectivity index (χ1v) is 12.9. The van der Waals surface area contributed by atoms with Crippen molar-refractivity contribution in [2.24, 2.45) is 4.99 Å². The molecule has 0 spiro atoms. The first-order valence-electron chi connectivity index (χ1n) is 11.2. The van der Waals surface area contributed by atoms with Gasteiger partial charge in [0, 0.05) is 23.7 Å². The van der Waals surface area contributed by atoms with Crippen molar-refractivity contribution in [1.82, 2.24) is 4.57 Å². The summed E-state index contributed by atoms with van der Waals surface area (Å²) in [5.41, 5.74) is 2.93. The van der Waals surface area contributed by atoms with Gasteiger partial charge in [-0.05, 0) is 49.1 Å². The van der Waals surface area contributed by atoms with Crippen LogP contribution in [-0.4, -0.2) is 43.4 Å². The Morgan fingerprint density at radius 2 is 2.00 bits per heavy atom. The van der Waals surface area contributed by atoms with Crippen LogP contribution in [0.2, 0.25) is 0 Å². The Labute approximate surface area is 204 Å². The topological polar surface area (TPSA) is 73.1 Å². The van der Waals surface area contributed by atoms with Crippen LogP contribution >= 0.6 is 22.7 Å². The summed E-state index contributed by atoms with van der Waals surface area (Å²) in [4.78, 5) is 34.8. The number of esters is 1. The zero-order chi connectivity index (χ0) is 23.7. The fourth-order valence-electron chi connectivity index (χ4n) is 4.26. The number of aromatic nitrogens is 1. The predicted octanol–water partition coefficient (Wildman–Crippen LogP) is 2.70. The molecule has 176 valence electrons. The molecule has 2 aliphatic heterocycles. The van der Waals surface area contributed by atoms with E-state index in [0.717, 1.165) is 42.4 Å². The second-order valence-corrected chi connectivity index (χ2v) is 10.00. The standard InChI is InChI=1S/C25H25N3O4S2/c1-3-32-24(30)21-16(2)26-25-28(22(21)19-5-4-14-33-19)23(29)20(34-25)15-17-6-8-18(9-7-17)27-10-12-31-13-11-27/h4-9,14-15,22H,3,10-13H2,1-2H3/b20-15-. The Bertz CT molecular complexity index is 1400. The predicted molar refractivity (Wildman–Crippen MR) is 134 cm³/mol. The van der Waals surface area contributed by atoms with Crippen LogP contribution in [0, 0.1) is 0 Å². The number of hydrogen-bond donors (Lipinski definition) is 0. The number of thiophene rings is 1. The second kappa shape index (κ2) is 9.69. The third kappa shape index (κ3) is 4.26. The zero-order valence-electron chi connectivity index (χ0n) is 19.0. The van der Waals surface area contributed by atoms with Crippen LogP contribution in [0.25, 0.3) is 6.08 Å². The average Bonchev–Trinajstić information content (AvgIpc) is 3.48. The van der Waals surface area contributed by atoms with Crippen LogP contribution < -0.4 is 19.8 Å². The van der Waals surface area contributed by atoms with Gasteiger partial charge in [0.05, 0.1) is 35.6 Å². The zero-order valence-corrected chi connectivity index (χ0v) is 20.7. The summed E-state index contributed by atoms with van der Waals surface area (Å²) in [6, 6.07) is 11.5. The number of hydrogen-bond acceptors (Lipinski definition) is 8. The molecule has 1 aromatic carbocycles. The summed E-state index contributed by atoms with van der Waals surface area (Å²) in [6.07, 6.45) is 1.89. The molecule has 3 aromatic rings. The molecule has 1 unspecified atom stereocenters. The number of fused-ring (bicyclic) bond motifs is 1. The smallest absolute Gasteiger partial charge is 0.338 e. The molecular formula is C25H25N3O4S2. The van der Waals surface area contributed by atoms with Gasteiger partial charge in [0.2, 0.25) is 0 Å². The molecule has 1 atom stereocenters. The van der Waals surface area contributed by atoms with E-state index >= 15 is 0 Å². The van der Waals surface area contributed by atoms with Gasteiger partial charge in [-0.2, -0.15) is 0 Å². The van der Waals surface area contributed by atoms with Crippen LogP contribution in [-0.2, 0) is 14.3 Å². The van der Waals surface area contributed by atoms with E-state index in [-0.39, 0.29) is 12.2 Å². The number of anilines is 1.